The van der Waals surface area contributed by atoms with Gasteiger partial charge in [0.05, 0.1) is 24.3 Å². The zero-order chi connectivity index (χ0) is 22.5. The van der Waals surface area contributed by atoms with E-state index in [1.54, 1.807) is 42.6 Å². The Morgan fingerprint density at radius 1 is 0.969 bits per heavy atom. The summed E-state index contributed by atoms with van der Waals surface area (Å²) in [5.74, 6) is -0.306. The van der Waals surface area contributed by atoms with E-state index in [1.807, 2.05) is 31.2 Å². The summed E-state index contributed by atoms with van der Waals surface area (Å²) in [5.41, 5.74) is 1.69. The Hall–Kier alpha value is -4.20. The number of amides is 2. The lowest BCUT2D eigenvalue weighted by Crippen LogP contribution is -2.33. The summed E-state index contributed by atoms with van der Waals surface area (Å²) in [7, 11) is 0. The summed E-state index contributed by atoms with van der Waals surface area (Å²) in [5, 5.41) is 3.09. The second-order valence-electron chi connectivity index (χ2n) is 6.93. The molecule has 8 heteroatoms. The molecular weight excluding hydrogens is 410 g/mol. The molecule has 0 saturated heterocycles. The number of carbonyl (C=O) groups excluding carboxylic acids is 3. The number of anilines is 2. The number of ether oxygens (including phenoxy) is 2. The molecule has 1 aliphatic heterocycles. The lowest BCUT2D eigenvalue weighted by molar-refractivity contribution is 0.0421. The van der Waals surface area contributed by atoms with E-state index in [2.05, 4.69) is 10.3 Å². The molecule has 0 bridgehead atoms. The quantitative estimate of drug-likeness (QED) is 0.429. The number of imide groups is 1. The van der Waals surface area contributed by atoms with Crippen molar-refractivity contribution in [3.05, 3.63) is 83.6 Å². The summed E-state index contributed by atoms with van der Waals surface area (Å²) < 4.78 is 10.8. The van der Waals surface area contributed by atoms with E-state index in [1.165, 1.54) is 0 Å². The number of nitrogens with zero attached hydrogens (tertiary/aromatic N) is 2. The molecule has 1 aromatic heterocycles. The fourth-order valence-electron chi connectivity index (χ4n) is 3.36. The van der Waals surface area contributed by atoms with Gasteiger partial charge in [-0.05, 0) is 55.5 Å². The van der Waals surface area contributed by atoms with Crippen LogP contribution in [0.25, 0.3) is 0 Å². The maximum Gasteiger partial charge on any atom is 0.341 e. The highest BCUT2D eigenvalue weighted by molar-refractivity contribution is 6.21. The van der Waals surface area contributed by atoms with E-state index in [0.717, 1.165) is 16.3 Å². The van der Waals surface area contributed by atoms with Crippen LogP contribution >= 0.6 is 0 Å². The van der Waals surface area contributed by atoms with Gasteiger partial charge in [-0.2, -0.15) is 0 Å². The van der Waals surface area contributed by atoms with Crippen LogP contribution in [0.15, 0.2) is 66.9 Å². The summed E-state index contributed by atoms with van der Waals surface area (Å²) >= 11 is 0. The Bertz CT molecular complexity index is 1130. The van der Waals surface area contributed by atoms with Crippen LogP contribution in [0.4, 0.5) is 11.5 Å². The summed E-state index contributed by atoms with van der Waals surface area (Å²) in [6.45, 7) is 2.33. The third kappa shape index (κ3) is 4.29. The van der Waals surface area contributed by atoms with Gasteiger partial charge < -0.3 is 14.8 Å². The Labute approximate surface area is 184 Å². The Balaban J connectivity index is 1.38. The normalized spacial score (nSPS) is 12.5. The predicted octanol–water partition coefficient (Wildman–Crippen LogP) is 3.68. The monoisotopic (exact) mass is 431 g/mol. The van der Waals surface area contributed by atoms with Crippen molar-refractivity contribution in [3.8, 4) is 5.75 Å². The molecular formula is C24H21N3O5. The molecule has 8 nitrogen and oxygen atoms in total. The number of rotatable bonds is 8. The number of benzene rings is 2. The van der Waals surface area contributed by atoms with Gasteiger partial charge in [-0.15, -0.1) is 0 Å². The largest absolute Gasteiger partial charge is 0.494 e. The average Bonchev–Trinajstić information content (AvgIpc) is 3.06. The lowest BCUT2D eigenvalue weighted by atomic mass is 10.1. The van der Waals surface area contributed by atoms with Crippen LogP contribution in [0.3, 0.4) is 0 Å². The van der Waals surface area contributed by atoms with Gasteiger partial charge in [0, 0.05) is 11.9 Å². The molecule has 2 heterocycles. The highest BCUT2D eigenvalue weighted by Gasteiger charge is 2.34. The topological polar surface area (TPSA) is 97.8 Å². The molecule has 1 N–H and O–H groups in total. The van der Waals surface area contributed by atoms with E-state index in [0.29, 0.717) is 23.6 Å². The molecule has 2 aromatic carbocycles. The number of hydrogen-bond donors (Lipinski definition) is 1. The first kappa shape index (κ1) is 21.0. The van der Waals surface area contributed by atoms with Crippen molar-refractivity contribution in [1.82, 2.24) is 9.88 Å². The highest BCUT2D eigenvalue weighted by atomic mass is 16.5. The zero-order valence-electron chi connectivity index (χ0n) is 17.4. The SMILES string of the molecule is CCOc1ccc(Nc2ncccc2C(=O)OCCN2C(=O)c3ccccc3C2=O)cc1. The highest BCUT2D eigenvalue weighted by Crippen LogP contribution is 2.23. The molecule has 0 radical (unpaired) electrons. The van der Waals surface area contributed by atoms with E-state index < -0.39 is 5.97 Å². The summed E-state index contributed by atoms with van der Waals surface area (Å²) in [6, 6.07) is 17.1. The molecule has 0 aliphatic carbocycles. The van der Waals surface area contributed by atoms with Gasteiger partial charge in [-0.25, -0.2) is 9.78 Å². The van der Waals surface area contributed by atoms with Crippen molar-refractivity contribution in [2.45, 2.75) is 6.92 Å². The summed E-state index contributed by atoms with van der Waals surface area (Å²) in [6.07, 6.45) is 1.56. The maximum atomic E-state index is 12.6. The zero-order valence-corrected chi connectivity index (χ0v) is 17.4. The Kier molecular flexibility index (Phi) is 6.12. The fraction of sp³-hybridized carbons (Fsp3) is 0.167. The Morgan fingerprint density at radius 2 is 1.66 bits per heavy atom. The number of hydrogen-bond acceptors (Lipinski definition) is 7. The van der Waals surface area contributed by atoms with Crippen LogP contribution in [0.2, 0.25) is 0 Å². The predicted molar refractivity (Wildman–Crippen MR) is 117 cm³/mol. The van der Waals surface area contributed by atoms with E-state index in [4.69, 9.17) is 9.47 Å². The maximum absolute atomic E-state index is 12.6. The first-order valence-electron chi connectivity index (χ1n) is 10.2. The second-order valence-corrected chi connectivity index (χ2v) is 6.93. The fourth-order valence-corrected chi connectivity index (χ4v) is 3.36. The van der Waals surface area contributed by atoms with Crippen LogP contribution in [-0.2, 0) is 4.74 Å². The number of aromatic nitrogens is 1. The number of nitrogens with one attached hydrogen (secondary N) is 1. The van der Waals surface area contributed by atoms with Crippen molar-refractivity contribution in [1.29, 1.82) is 0 Å². The molecule has 0 spiro atoms. The number of pyridine rings is 1. The molecule has 32 heavy (non-hydrogen) atoms. The molecule has 4 rings (SSSR count). The van der Waals surface area contributed by atoms with Crippen LogP contribution in [0.5, 0.6) is 5.75 Å². The minimum Gasteiger partial charge on any atom is -0.494 e. The number of carbonyl (C=O) groups is 3. The van der Waals surface area contributed by atoms with Crippen LogP contribution in [-0.4, -0.2) is 47.4 Å². The molecule has 0 unspecified atom stereocenters. The lowest BCUT2D eigenvalue weighted by Gasteiger charge is -2.15. The number of esters is 1. The standard InChI is InChI=1S/C24H21N3O5/c1-2-31-17-11-9-16(10-12-17)26-21-20(8-5-13-25-21)24(30)32-15-14-27-22(28)18-6-3-4-7-19(18)23(27)29/h3-13H,2,14-15H2,1H3,(H,25,26). The van der Waals surface area contributed by atoms with Crippen LogP contribution < -0.4 is 10.1 Å². The van der Waals surface area contributed by atoms with Gasteiger partial charge in [0.2, 0.25) is 0 Å². The van der Waals surface area contributed by atoms with Crippen LogP contribution in [0.1, 0.15) is 38.0 Å². The van der Waals surface area contributed by atoms with Crippen molar-refractivity contribution in [3.63, 3.8) is 0 Å². The Morgan fingerprint density at radius 3 is 2.31 bits per heavy atom. The van der Waals surface area contributed by atoms with Gasteiger partial charge in [0.25, 0.3) is 11.8 Å². The molecule has 2 amide bonds. The van der Waals surface area contributed by atoms with E-state index in [9.17, 15) is 14.4 Å². The third-order valence-electron chi connectivity index (χ3n) is 4.88. The minimum atomic E-state index is -0.608. The number of fused-ring (bicyclic) bond motifs is 1. The van der Waals surface area contributed by atoms with Gasteiger partial charge >= 0.3 is 5.97 Å². The first-order chi connectivity index (χ1) is 15.6. The van der Waals surface area contributed by atoms with Gasteiger partial charge in [-0.1, -0.05) is 12.1 Å². The van der Waals surface area contributed by atoms with Crippen molar-refractivity contribution in [2.24, 2.45) is 0 Å². The molecule has 0 fully saturated rings. The van der Waals surface area contributed by atoms with Gasteiger partial charge in [0.15, 0.2) is 0 Å². The molecule has 162 valence electrons. The van der Waals surface area contributed by atoms with Crippen LogP contribution in [0, 0.1) is 0 Å². The van der Waals surface area contributed by atoms with E-state index >= 15 is 0 Å². The summed E-state index contributed by atoms with van der Waals surface area (Å²) in [4.78, 5) is 42.8. The first-order valence-corrected chi connectivity index (χ1v) is 10.2. The third-order valence-corrected chi connectivity index (χ3v) is 4.88. The van der Waals surface area contributed by atoms with E-state index in [-0.39, 0.29) is 30.5 Å². The van der Waals surface area contributed by atoms with Crippen molar-refractivity contribution < 1.29 is 23.9 Å². The average molecular weight is 431 g/mol. The minimum absolute atomic E-state index is 0.0278. The van der Waals surface area contributed by atoms with Crippen molar-refractivity contribution in [2.75, 3.05) is 25.1 Å². The van der Waals surface area contributed by atoms with Gasteiger partial charge in [0.1, 0.15) is 23.7 Å². The second kappa shape index (κ2) is 9.30. The molecule has 0 saturated carbocycles. The van der Waals surface area contributed by atoms with Gasteiger partial charge in [-0.3, -0.25) is 14.5 Å². The van der Waals surface area contributed by atoms with Crippen molar-refractivity contribution >= 4 is 29.3 Å². The molecule has 3 aromatic rings. The molecule has 1 aliphatic rings. The molecule has 0 atom stereocenters. The smallest absolute Gasteiger partial charge is 0.341 e.